The van der Waals surface area contributed by atoms with Gasteiger partial charge in [0.05, 0.1) is 5.75 Å². The predicted octanol–water partition coefficient (Wildman–Crippen LogP) is 2.18. The van der Waals surface area contributed by atoms with Gasteiger partial charge in [-0.05, 0) is 24.6 Å². The van der Waals surface area contributed by atoms with Crippen molar-refractivity contribution in [2.75, 3.05) is 23.9 Å². The summed E-state index contributed by atoms with van der Waals surface area (Å²) in [6.07, 6.45) is 0.977. The Morgan fingerprint density at radius 3 is 2.38 bits per heavy atom. The summed E-state index contributed by atoms with van der Waals surface area (Å²) < 4.78 is 59.6. The standard InChI is InChI=1S/C7H13ClF3NO2S2/c8-3-1-2-6-16(13,14)12-4-5-15-7(9,10)11/h12H,1-6H2. The Bertz CT molecular complexity index is 282. The Morgan fingerprint density at radius 2 is 1.88 bits per heavy atom. The maximum atomic E-state index is 11.7. The molecule has 0 heterocycles. The van der Waals surface area contributed by atoms with Crippen LogP contribution in [0.4, 0.5) is 13.2 Å². The molecule has 0 atom stereocenters. The molecule has 98 valence electrons. The first kappa shape index (κ1) is 16.3. The molecule has 0 aromatic rings. The molecule has 0 amide bonds. The summed E-state index contributed by atoms with van der Waals surface area (Å²) in [5.41, 5.74) is -4.32. The van der Waals surface area contributed by atoms with Crippen LogP contribution in [0.3, 0.4) is 0 Å². The summed E-state index contributed by atoms with van der Waals surface area (Å²) in [4.78, 5) is 0. The third-order valence-electron chi connectivity index (χ3n) is 1.49. The number of sulfonamides is 1. The highest BCUT2D eigenvalue weighted by atomic mass is 35.5. The van der Waals surface area contributed by atoms with E-state index in [0.717, 1.165) is 0 Å². The zero-order valence-corrected chi connectivity index (χ0v) is 10.8. The molecule has 0 aliphatic rings. The van der Waals surface area contributed by atoms with Crippen LogP contribution in [-0.4, -0.2) is 37.9 Å². The number of halogens is 4. The van der Waals surface area contributed by atoms with E-state index < -0.39 is 15.5 Å². The average Bonchev–Trinajstić information content (AvgIpc) is 2.11. The van der Waals surface area contributed by atoms with Gasteiger partial charge in [-0.25, -0.2) is 13.1 Å². The van der Waals surface area contributed by atoms with E-state index in [0.29, 0.717) is 18.7 Å². The minimum absolute atomic E-state index is 0.101. The Labute approximate surface area is 102 Å². The highest BCUT2D eigenvalue weighted by molar-refractivity contribution is 8.00. The third-order valence-corrected chi connectivity index (χ3v) is 3.96. The molecule has 0 aromatic heterocycles. The van der Waals surface area contributed by atoms with Crippen molar-refractivity contribution in [1.29, 1.82) is 0 Å². The Kier molecular flexibility index (Phi) is 7.79. The van der Waals surface area contributed by atoms with Crippen LogP contribution >= 0.6 is 23.4 Å². The van der Waals surface area contributed by atoms with Crippen molar-refractivity contribution in [3.63, 3.8) is 0 Å². The molecule has 16 heavy (non-hydrogen) atoms. The normalized spacial score (nSPS) is 13.0. The minimum atomic E-state index is -4.32. The van der Waals surface area contributed by atoms with Gasteiger partial charge in [0.1, 0.15) is 0 Å². The molecule has 0 aliphatic heterocycles. The summed E-state index contributed by atoms with van der Waals surface area (Å²) in [5.74, 6) is -0.0475. The van der Waals surface area contributed by atoms with Crippen LogP contribution in [0.25, 0.3) is 0 Å². The SMILES string of the molecule is O=S(=O)(CCCCCl)NCCSC(F)(F)F. The summed E-state index contributed by atoms with van der Waals surface area (Å²) in [6, 6.07) is 0. The van der Waals surface area contributed by atoms with Crippen LogP contribution in [0, 0.1) is 0 Å². The van der Waals surface area contributed by atoms with Crippen LogP contribution in [0.1, 0.15) is 12.8 Å². The van der Waals surface area contributed by atoms with Crippen molar-refractivity contribution < 1.29 is 21.6 Å². The van der Waals surface area contributed by atoms with E-state index in [1.807, 2.05) is 0 Å². The number of thioether (sulfide) groups is 1. The Balaban J connectivity index is 3.67. The fraction of sp³-hybridized carbons (Fsp3) is 1.00. The smallest absolute Gasteiger partial charge is 0.214 e. The highest BCUT2D eigenvalue weighted by Crippen LogP contribution is 2.29. The molecule has 0 saturated heterocycles. The quantitative estimate of drug-likeness (QED) is 0.552. The van der Waals surface area contributed by atoms with Gasteiger partial charge in [0, 0.05) is 18.2 Å². The molecule has 0 aromatic carbocycles. The number of unbranched alkanes of at least 4 members (excludes halogenated alkanes) is 1. The maximum Gasteiger partial charge on any atom is 0.441 e. The van der Waals surface area contributed by atoms with Gasteiger partial charge < -0.3 is 0 Å². The first-order chi connectivity index (χ1) is 7.27. The average molecular weight is 300 g/mol. The number of hydrogen-bond acceptors (Lipinski definition) is 3. The lowest BCUT2D eigenvalue weighted by Crippen LogP contribution is -2.29. The number of hydrogen-bond donors (Lipinski definition) is 1. The lowest BCUT2D eigenvalue weighted by Gasteiger charge is -2.07. The fourth-order valence-corrected chi connectivity index (χ4v) is 2.72. The first-order valence-corrected chi connectivity index (χ1v) is 7.68. The number of alkyl halides is 4. The molecular weight excluding hydrogens is 287 g/mol. The van der Waals surface area contributed by atoms with Crippen LogP contribution in [-0.2, 0) is 10.0 Å². The molecule has 0 rings (SSSR count). The lowest BCUT2D eigenvalue weighted by atomic mass is 10.4. The lowest BCUT2D eigenvalue weighted by molar-refractivity contribution is -0.0327. The van der Waals surface area contributed by atoms with E-state index in [-0.39, 0.29) is 29.8 Å². The van der Waals surface area contributed by atoms with Gasteiger partial charge in [0.2, 0.25) is 10.0 Å². The Hall–Kier alpha value is 0.340. The van der Waals surface area contributed by atoms with E-state index in [9.17, 15) is 21.6 Å². The molecule has 0 spiro atoms. The van der Waals surface area contributed by atoms with Gasteiger partial charge in [-0.15, -0.1) is 11.6 Å². The van der Waals surface area contributed by atoms with E-state index in [4.69, 9.17) is 11.6 Å². The van der Waals surface area contributed by atoms with E-state index >= 15 is 0 Å². The van der Waals surface area contributed by atoms with Crippen LogP contribution in [0.5, 0.6) is 0 Å². The predicted molar refractivity (Wildman–Crippen MR) is 60.3 cm³/mol. The van der Waals surface area contributed by atoms with Gasteiger partial charge in [0.25, 0.3) is 0 Å². The summed E-state index contributed by atoms with van der Waals surface area (Å²) in [5, 5.41) is 0. The second-order valence-corrected chi connectivity index (χ2v) is 6.37. The minimum Gasteiger partial charge on any atom is -0.214 e. The van der Waals surface area contributed by atoms with E-state index in [1.54, 1.807) is 0 Å². The fourth-order valence-electron chi connectivity index (χ4n) is 0.823. The molecule has 0 bridgehead atoms. The second kappa shape index (κ2) is 7.62. The topological polar surface area (TPSA) is 46.2 Å². The molecule has 1 N–H and O–H groups in total. The van der Waals surface area contributed by atoms with Gasteiger partial charge in [-0.1, -0.05) is 0 Å². The number of nitrogens with one attached hydrogen (secondary N) is 1. The molecule has 0 aliphatic carbocycles. The molecule has 0 saturated carbocycles. The molecule has 0 radical (unpaired) electrons. The van der Waals surface area contributed by atoms with Crippen molar-refractivity contribution in [2.24, 2.45) is 0 Å². The van der Waals surface area contributed by atoms with Gasteiger partial charge in [0.15, 0.2) is 0 Å². The van der Waals surface area contributed by atoms with Gasteiger partial charge in [-0.3, -0.25) is 0 Å². The van der Waals surface area contributed by atoms with Crippen molar-refractivity contribution in [3.05, 3.63) is 0 Å². The maximum absolute atomic E-state index is 11.7. The van der Waals surface area contributed by atoms with Crippen molar-refractivity contribution in [1.82, 2.24) is 4.72 Å². The second-order valence-electron chi connectivity index (χ2n) is 2.90. The van der Waals surface area contributed by atoms with Gasteiger partial charge in [-0.2, -0.15) is 13.2 Å². The zero-order chi connectivity index (χ0) is 12.7. The summed E-state index contributed by atoms with van der Waals surface area (Å²) >= 11 is 5.12. The van der Waals surface area contributed by atoms with Crippen LogP contribution in [0.2, 0.25) is 0 Å². The Morgan fingerprint density at radius 1 is 1.25 bits per heavy atom. The molecule has 9 heteroatoms. The van der Waals surface area contributed by atoms with Gasteiger partial charge >= 0.3 is 5.51 Å². The molecular formula is C7H13ClF3NO2S2. The van der Waals surface area contributed by atoms with Crippen molar-refractivity contribution in [3.8, 4) is 0 Å². The molecule has 0 fully saturated rings. The molecule has 3 nitrogen and oxygen atoms in total. The third kappa shape index (κ3) is 10.8. The first-order valence-electron chi connectivity index (χ1n) is 4.51. The van der Waals surface area contributed by atoms with Crippen molar-refractivity contribution >= 4 is 33.4 Å². The zero-order valence-electron chi connectivity index (χ0n) is 8.39. The van der Waals surface area contributed by atoms with Crippen molar-refractivity contribution in [2.45, 2.75) is 18.3 Å². The van der Waals surface area contributed by atoms with Crippen LogP contribution in [0.15, 0.2) is 0 Å². The van der Waals surface area contributed by atoms with E-state index in [1.165, 1.54) is 0 Å². The van der Waals surface area contributed by atoms with Crippen LogP contribution < -0.4 is 4.72 Å². The summed E-state index contributed by atoms with van der Waals surface area (Å²) in [6.45, 7) is -0.215. The summed E-state index contributed by atoms with van der Waals surface area (Å²) in [7, 11) is -3.46. The van der Waals surface area contributed by atoms with E-state index in [2.05, 4.69) is 4.72 Å². The number of rotatable bonds is 8. The largest absolute Gasteiger partial charge is 0.441 e. The monoisotopic (exact) mass is 299 g/mol. The highest BCUT2D eigenvalue weighted by Gasteiger charge is 2.27. The molecule has 0 unspecified atom stereocenters.